The fourth-order valence-electron chi connectivity index (χ4n) is 1.07. The summed E-state index contributed by atoms with van der Waals surface area (Å²) in [6, 6.07) is 0. The monoisotopic (exact) mass is 351 g/mol. The Morgan fingerprint density at radius 2 is 2.00 bits per heavy atom. The molecule has 0 aliphatic carbocycles. The number of rotatable bonds is 3. The van der Waals surface area contributed by atoms with Crippen LogP contribution in [-0.4, -0.2) is 16.5 Å². The topological polar surface area (TPSA) is 42.4 Å². The Morgan fingerprint density at radius 1 is 1.38 bits per heavy atom. The molecule has 1 N–H and O–H groups in total. The molecule has 16 heavy (non-hydrogen) atoms. The third-order valence-electron chi connectivity index (χ3n) is 1.72. The molecule has 90 valence electrons. The van der Waals surface area contributed by atoms with Crippen molar-refractivity contribution in [2.24, 2.45) is 0 Å². The van der Waals surface area contributed by atoms with Gasteiger partial charge in [-0.1, -0.05) is 0 Å². The van der Waals surface area contributed by atoms with Gasteiger partial charge in [0.2, 0.25) is 0 Å². The van der Waals surface area contributed by atoms with E-state index in [4.69, 9.17) is 5.11 Å². The molecule has 1 aromatic rings. The van der Waals surface area contributed by atoms with E-state index in [0.717, 1.165) is 6.20 Å². The van der Waals surface area contributed by atoms with Crippen LogP contribution in [0.1, 0.15) is 11.1 Å². The first-order valence-corrected chi connectivity index (χ1v) is 5.05. The maximum Gasteiger partial charge on any atom is 0.573 e. The van der Waals surface area contributed by atoms with Crippen LogP contribution in [0.3, 0.4) is 0 Å². The molecule has 0 spiro atoms. The van der Waals surface area contributed by atoms with Gasteiger partial charge in [-0.2, -0.15) is 0 Å². The van der Waals surface area contributed by atoms with Crippen LogP contribution in [0.2, 0.25) is 0 Å². The summed E-state index contributed by atoms with van der Waals surface area (Å²) in [5.41, 5.74) is -0.330. The van der Waals surface area contributed by atoms with E-state index in [1.165, 1.54) is 0 Å². The number of aromatic nitrogens is 1. The Hall–Kier alpha value is -0.640. The van der Waals surface area contributed by atoms with Crippen molar-refractivity contribution in [1.82, 2.24) is 4.98 Å². The van der Waals surface area contributed by atoms with Crippen molar-refractivity contribution >= 4 is 22.6 Å². The van der Waals surface area contributed by atoms with E-state index < -0.39 is 25.4 Å². The standard InChI is InChI=1S/C8H6F4INO2/c9-1-4-5(3-15)6(2-14-7(4)13)16-8(10,11)12/h2,15H,1,3H2. The van der Waals surface area contributed by atoms with Gasteiger partial charge in [-0.3, -0.25) is 0 Å². The molecule has 0 aliphatic heterocycles. The van der Waals surface area contributed by atoms with Crippen molar-refractivity contribution < 1.29 is 27.4 Å². The SMILES string of the molecule is OCc1c(OC(F)(F)F)cnc(I)c1CF. The van der Waals surface area contributed by atoms with Crippen LogP contribution in [0.5, 0.6) is 5.75 Å². The Kier molecular flexibility index (Phi) is 4.30. The van der Waals surface area contributed by atoms with Crippen molar-refractivity contribution in [3.8, 4) is 5.75 Å². The van der Waals surface area contributed by atoms with Crippen LogP contribution in [0.25, 0.3) is 0 Å². The van der Waals surface area contributed by atoms with Crippen LogP contribution in [0.15, 0.2) is 6.20 Å². The molecular formula is C8H6F4INO2. The zero-order valence-electron chi connectivity index (χ0n) is 7.68. The van der Waals surface area contributed by atoms with Gasteiger partial charge < -0.3 is 9.84 Å². The Bertz CT molecular complexity index is 383. The lowest BCUT2D eigenvalue weighted by molar-refractivity contribution is -0.275. The zero-order valence-corrected chi connectivity index (χ0v) is 9.84. The molecule has 3 nitrogen and oxygen atoms in total. The molecule has 0 saturated carbocycles. The molecule has 0 unspecified atom stereocenters. The Labute approximate surface area is 102 Å². The Morgan fingerprint density at radius 3 is 2.44 bits per heavy atom. The summed E-state index contributed by atoms with van der Waals surface area (Å²) in [4.78, 5) is 3.55. The van der Waals surface area contributed by atoms with E-state index in [2.05, 4.69) is 9.72 Å². The van der Waals surface area contributed by atoms with Gasteiger partial charge in [-0.05, 0) is 22.6 Å². The zero-order chi connectivity index (χ0) is 12.3. The second kappa shape index (κ2) is 5.13. The first-order chi connectivity index (χ1) is 7.39. The minimum Gasteiger partial charge on any atom is -0.404 e. The van der Waals surface area contributed by atoms with Gasteiger partial charge in [0.1, 0.15) is 10.4 Å². The highest BCUT2D eigenvalue weighted by Gasteiger charge is 2.33. The highest BCUT2D eigenvalue weighted by atomic mass is 127. The fourth-order valence-corrected chi connectivity index (χ4v) is 1.68. The molecule has 0 fully saturated rings. The van der Waals surface area contributed by atoms with Crippen molar-refractivity contribution in [2.45, 2.75) is 19.6 Å². The van der Waals surface area contributed by atoms with Crippen LogP contribution in [0, 0.1) is 3.70 Å². The molecule has 0 aliphatic rings. The number of aliphatic hydroxyl groups is 1. The van der Waals surface area contributed by atoms with E-state index in [-0.39, 0.29) is 14.8 Å². The van der Waals surface area contributed by atoms with E-state index in [9.17, 15) is 17.6 Å². The number of pyridine rings is 1. The lowest BCUT2D eigenvalue weighted by Crippen LogP contribution is -2.19. The van der Waals surface area contributed by atoms with Gasteiger partial charge in [0.15, 0.2) is 5.75 Å². The summed E-state index contributed by atoms with van der Waals surface area (Å²) in [5.74, 6) is -0.678. The van der Waals surface area contributed by atoms with Crippen molar-refractivity contribution in [2.75, 3.05) is 0 Å². The molecule has 0 aromatic carbocycles. The van der Waals surface area contributed by atoms with Crippen molar-refractivity contribution in [1.29, 1.82) is 0 Å². The lowest BCUT2D eigenvalue weighted by atomic mass is 10.1. The van der Waals surface area contributed by atoms with Gasteiger partial charge >= 0.3 is 6.36 Å². The number of halogens is 5. The van der Waals surface area contributed by atoms with Crippen molar-refractivity contribution in [3.63, 3.8) is 0 Å². The van der Waals surface area contributed by atoms with Gasteiger partial charge in [-0.25, -0.2) is 9.37 Å². The van der Waals surface area contributed by atoms with Gasteiger partial charge in [-0.15, -0.1) is 13.2 Å². The number of hydrogen-bond acceptors (Lipinski definition) is 3. The molecule has 0 amide bonds. The molecular weight excluding hydrogens is 345 g/mol. The van der Waals surface area contributed by atoms with Gasteiger partial charge in [0.25, 0.3) is 0 Å². The third kappa shape index (κ3) is 3.17. The van der Waals surface area contributed by atoms with E-state index in [0.29, 0.717) is 0 Å². The summed E-state index contributed by atoms with van der Waals surface area (Å²) in [6.07, 6.45) is -4.09. The molecule has 8 heteroatoms. The normalized spacial score (nSPS) is 11.6. The van der Waals surface area contributed by atoms with Gasteiger partial charge in [0, 0.05) is 11.1 Å². The largest absolute Gasteiger partial charge is 0.573 e. The predicted molar refractivity (Wildman–Crippen MR) is 54.4 cm³/mol. The Balaban J connectivity index is 3.19. The maximum absolute atomic E-state index is 12.6. The summed E-state index contributed by atoms with van der Waals surface area (Å²) < 4.78 is 52.3. The summed E-state index contributed by atoms with van der Waals surface area (Å²) in [7, 11) is 0. The van der Waals surface area contributed by atoms with E-state index in [1.807, 2.05) is 0 Å². The third-order valence-corrected chi connectivity index (χ3v) is 2.65. The number of alkyl halides is 4. The first-order valence-electron chi connectivity index (χ1n) is 3.98. The fraction of sp³-hybridized carbons (Fsp3) is 0.375. The molecule has 1 aromatic heterocycles. The molecule has 1 rings (SSSR count). The average Bonchev–Trinajstić information content (AvgIpc) is 2.18. The summed E-state index contributed by atoms with van der Waals surface area (Å²) in [6.45, 7) is -1.76. The lowest BCUT2D eigenvalue weighted by Gasteiger charge is -2.14. The highest BCUT2D eigenvalue weighted by molar-refractivity contribution is 14.1. The molecule has 0 saturated heterocycles. The minimum atomic E-state index is -4.90. The minimum absolute atomic E-state index is 0.0927. The van der Waals surface area contributed by atoms with Crippen LogP contribution >= 0.6 is 22.6 Å². The average molecular weight is 351 g/mol. The quantitative estimate of drug-likeness (QED) is 0.517. The van der Waals surface area contributed by atoms with Crippen LogP contribution < -0.4 is 4.74 Å². The maximum atomic E-state index is 12.6. The van der Waals surface area contributed by atoms with E-state index >= 15 is 0 Å². The number of nitrogens with zero attached hydrogens (tertiary/aromatic N) is 1. The number of ether oxygens (including phenoxy) is 1. The van der Waals surface area contributed by atoms with Crippen molar-refractivity contribution in [3.05, 3.63) is 21.0 Å². The second-order valence-electron chi connectivity index (χ2n) is 2.71. The van der Waals surface area contributed by atoms with Gasteiger partial charge in [0.05, 0.1) is 12.8 Å². The first kappa shape index (κ1) is 13.4. The molecule has 0 bridgehead atoms. The molecule has 0 radical (unpaired) electrons. The number of hydrogen-bond donors (Lipinski definition) is 1. The molecule has 0 atom stereocenters. The molecule has 1 heterocycles. The highest BCUT2D eigenvalue weighted by Crippen LogP contribution is 2.30. The summed E-state index contributed by atoms with van der Waals surface area (Å²) in [5, 5.41) is 8.91. The predicted octanol–water partition coefficient (Wildman–Crippen LogP) is 2.55. The summed E-state index contributed by atoms with van der Waals surface area (Å²) >= 11 is 1.66. The smallest absolute Gasteiger partial charge is 0.404 e. The number of aliphatic hydroxyl groups excluding tert-OH is 1. The van der Waals surface area contributed by atoms with E-state index in [1.54, 1.807) is 22.6 Å². The van der Waals surface area contributed by atoms with Crippen LogP contribution in [0.4, 0.5) is 17.6 Å². The second-order valence-corrected chi connectivity index (χ2v) is 3.73. The van der Waals surface area contributed by atoms with Crippen LogP contribution in [-0.2, 0) is 13.3 Å².